The Morgan fingerprint density at radius 3 is 2.86 bits per heavy atom. The highest BCUT2D eigenvalue weighted by Gasteiger charge is 1.97. The van der Waals surface area contributed by atoms with Crippen molar-refractivity contribution in [3.8, 4) is 0 Å². The molecule has 2 aromatic rings. The van der Waals surface area contributed by atoms with E-state index in [1.54, 1.807) is 6.08 Å². The van der Waals surface area contributed by atoms with Crippen LogP contribution in [0.2, 0.25) is 0 Å². The van der Waals surface area contributed by atoms with Crippen molar-refractivity contribution in [1.82, 2.24) is 4.98 Å². The lowest BCUT2D eigenvalue weighted by Crippen LogP contribution is -1.83. The summed E-state index contributed by atoms with van der Waals surface area (Å²) in [5.41, 5.74) is 2.94. The van der Waals surface area contributed by atoms with Gasteiger partial charge in [-0.3, -0.25) is 4.98 Å². The molecule has 0 spiro atoms. The van der Waals surface area contributed by atoms with Crippen LogP contribution in [0, 0.1) is 0 Å². The largest absolute Gasteiger partial charge is 0.256 e. The SMILES string of the molecule is C=CC(=C)c1cnc2ccccc2c1. The first kappa shape index (κ1) is 8.70. The predicted molar refractivity (Wildman–Crippen MR) is 61.0 cm³/mol. The van der Waals surface area contributed by atoms with Gasteiger partial charge in [-0.15, -0.1) is 0 Å². The second kappa shape index (κ2) is 3.46. The summed E-state index contributed by atoms with van der Waals surface area (Å²) >= 11 is 0. The smallest absolute Gasteiger partial charge is 0.0702 e. The molecular formula is C13H11N. The van der Waals surface area contributed by atoms with Crippen LogP contribution in [0.25, 0.3) is 16.5 Å². The zero-order valence-corrected chi connectivity index (χ0v) is 7.90. The van der Waals surface area contributed by atoms with E-state index in [1.807, 2.05) is 30.5 Å². The van der Waals surface area contributed by atoms with Gasteiger partial charge in [-0.05, 0) is 17.7 Å². The molecule has 0 bridgehead atoms. The van der Waals surface area contributed by atoms with Crippen molar-refractivity contribution < 1.29 is 0 Å². The topological polar surface area (TPSA) is 12.9 Å². The summed E-state index contributed by atoms with van der Waals surface area (Å²) in [5.74, 6) is 0. The van der Waals surface area contributed by atoms with Crippen LogP contribution in [0.5, 0.6) is 0 Å². The maximum atomic E-state index is 4.34. The Balaban J connectivity index is 2.62. The van der Waals surface area contributed by atoms with Gasteiger partial charge >= 0.3 is 0 Å². The summed E-state index contributed by atoms with van der Waals surface area (Å²) in [6.07, 6.45) is 3.57. The molecule has 0 amide bonds. The lowest BCUT2D eigenvalue weighted by Gasteiger charge is -2.01. The van der Waals surface area contributed by atoms with Gasteiger partial charge < -0.3 is 0 Å². The lowest BCUT2D eigenvalue weighted by atomic mass is 10.1. The molecule has 0 atom stereocenters. The van der Waals surface area contributed by atoms with Crippen LogP contribution in [0.4, 0.5) is 0 Å². The molecule has 0 saturated heterocycles. The number of fused-ring (bicyclic) bond motifs is 1. The first-order chi connectivity index (χ1) is 6.81. The molecule has 0 aliphatic rings. The van der Waals surface area contributed by atoms with E-state index in [2.05, 4.69) is 24.2 Å². The highest BCUT2D eigenvalue weighted by molar-refractivity contribution is 5.83. The van der Waals surface area contributed by atoms with Crippen LogP contribution in [0.1, 0.15) is 5.56 Å². The van der Waals surface area contributed by atoms with Crippen LogP contribution in [-0.2, 0) is 0 Å². The number of allylic oxidation sites excluding steroid dienone is 2. The molecule has 0 N–H and O–H groups in total. The molecule has 68 valence electrons. The van der Waals surface area contributed by atoms with Crippen molar-refractivity contribution in [3.05, 3.63) is 61.3 Å². The third-order valence-electron chi connectivity index (χ3n) is 2.21. The number of nitrogens with zero attached hydrogens (tertiary/aromatic N) is 1. The van der Waals surface area contributed by atoms with Gasteiger partial charge in [0.2, 0.25) is 0 Å². The second-order valence-corrected chi connectivity index (χ2v) is 3.15. The maximum Gasteiger partial charge on any atom is 0.0702 e. The standard InChI is InChI=1S/C13H11N/c1-3-10(2)12-8-11-6-4-5-7-13(11)14-9-12/h3-9H,1-2H2. The van der Waals surface area contributed by atoms with E-state index in [9.17, 15) is 0 Å². The predicted octanol–water partition coefficient (Wildman–Crippen LogP) is 3.43. The number of rotatable bonds is 2. The fourth-order valence-corrected chi connectivity index (χ4v) is 1.36. The van der Waals surface area contributed by atoms with Crippen LogP contribution in [0.3, 0.4) is 0 Å². The molecule has 14 heavy (non-hydrogen) atoms. The number of benzene rings is 1. The Morgan fingerprint density at radius 2 is 2.07 bits per heavy atom. The van der Waals surface area contributed by atoms with Gasteiger partial charge in [-0.25, -0.2) is 0 Å². The normalized spacial score (nSPS) is 10.0. The first-order valence-electron chi connectivity index (χ1n) is 4.48. The molecule has 0 radical (unpaired) electrons. The van der Waals surface area contributed by atoms with Crippen molar-refractivity contribution in [2.24, 2.45) is 0 Å². The van der Waals surface area contributed by atoms with Crippen molar-refractivity contribution in [3.63, 3.8) is 0 Å². The molecule has 1 aromatic carbocycles. The average Bonchev–Trinajstić information content (AvgIpc) is 2.27. The van der Waals surface area contributed by atoms with E-state index < -0.39 is 0 Å². The quantitative estimate of drug-likeness (QED) is 0.647. The van der Waals surface area contributed by atoms with Gasteiger partial charge in [0.05, 0.1) is 5.52 Å². The zero-order chi connectivity index (χ0) is 9.97. The summed E-state index contributed by atoms with van der Waals surface area (Å²) in [4.78, 5) is 4.34. The Morgan fingerprint density at radius 1 is 1.29 bits per heavy atom. The summed E-state index contributed by atoms with van der Waals surface area (Å²) in [6.45, 7) is 7.58. The number of pyridine rings is 1. The molecule has 1 aromatic heterocycles. The molecule has 1 nitrogen and oxygen atoms in total. The van der Waals surface area contributed by atoms with Crippen molar-refractivity contribution in [1.29, 1.82) is 0 Å². The number of aromatic nitrogens is 1. The summed E-state index contributed by atoms with van der Waals surface area (Å²) in [5, 5.41) is 1.13. The summed E-state index contributed by atoms with van der Waals surface area (Å²) < 4.78 is 0. The van der Waals surface area contributed by atoms with Gasteiger partial charge in [-0.1, -0.05) is 37.4 Å². The minimum atomic E-state index is 0.906. The van der Waals surface area contributed by atoms with Crippen LogP contribution < -0.4 is 0 Å². The maximum absolute atomic E-state index is 4.34. The number of hydrogen-bond donors (Lipinski definition) is 0. The molecule has 0 aliphatic carbocycles. The molecule has 1 heterocycles. The van der Waals surface area contributed by atoms with E-state index in [1.165, 1.54) is 0 Å². The molecule has 0 fully saturated rings. The third-order valence-corrected chi connectivity index (χ3v) is 2.21. The highest BCUT2D eigenvalue weighted by atomic mass is 14.6. The van der Waals surface area contributed by atoms with E-state index in [0.717, 1.165) is 22.0 Å². The minimum Gasteiger partial charge on any atom is -0.256 e. The number of para-hydroxylation sites is 1. The van der Waals surface area contributed by atoms with Crippen molar-refractivity contribution in [2.75, 3.05) is 0 Å². The molecule has 0 unspecified atom stereocenters. The fourth-order valence-electron chi connectivity index (χ4n) is 1.36. The summed E-state index contributed by atoms with van der Waals surface area (Å²) in [7, 11) is 0. The van der Waals surface area contributed by atoms with Gasteiger partial charge in [0.1, 0.15) is 0 Å². The molecule has 2 rings (SSSR count). The van der Waals surface area contributed by atoms with Crippen molar-refractivity contribution in [2.45, 2.75) is 0 Å². The molecule has 0 saturated carbocycles. The van der Waals surface area contributed by atoms with Gasteiger partial charge in [-0.2, -0.15) is 0 Å². The molecule has 0 aliphatic heterocycles. The average molecular weight is 181 g/mol. The van der Waals surface area contributed by atoms with Gasteiger partial charge in [0, 0.05) is 17.1 Å². The van der Waals surface area contributed by atoms with E-state index in [4.69, 9.17) is 0 Å². The van der Waals surface area contributed by atoms with Crippen LogP contribution in [0.15, 0.2) is 55.8 Å². The molecule has 1 heteroatoms. The monoisotopic (exact) mass is 181 g/mol. The second-order valence-electron chi connectivity index (χ2n) is 3.15. The highest BCUT2D eigenvalue weighted by Crippen LogP contribution is 2.17. The summed E-state index contributed by atoms with van der Waals surface area (Å²) in [6, 6.07) is 10.1. The Hall–Kier alpha value is -1.89. The van der Waals surface area contributed by atoms with Crippen LogP contribution >= 0.6 is 0 Å². The van der Waals surface area contributed by atoms with Crippen LogP contribution in [-0.4, -0.2) is 4.98 Å². The lowest BCUT2D eigenvalue weighted by molar-refractivity contribution is 1.39. The van der Waals surface area contributed by atoms with Gasteiger partial charge in [0.25, 0.3) is 0 Å². The molecular weight excluding hydrogens is 170 g/mol. The third kappa shape index (κ3) is 1.44. The minimum absolute atomic E-state index is 0.906. The van der Waals surface area contributed by atoms with Gasteiger partial charge in [0.15, 0.2) is 0 Å². The first-order valence-corrected chi connectivity index (χ1v) is 4.48. The van der Waals surface area contributed by atoms with E-state index in [0.29, 0.717) is 0 Å². The fraction of sp³-hybridized carbons (Fsp3) is 0. The number of hydrogen-bond acceptors (Lipinski definition) is 1. The van der Waals surface area contributed by atoms with E-state index in [-0.39, 0.29) is 0 Å². The Bertz CT molecular complexity index is 497. The van der Waals surface area contributed by atoms with E-state index >= 15 is 0 Å². The Labute approximate surface area is 83.4 Å². The zero-order valence-electron chi connectivity index (χ0n) is 7.90. The Kier molecular flexibility index (Phi) is 2.15. The van der Waals surface area contributed by atoms with Crippen molar-refractivity contribution >= 4 is 16.5 Å².